The number of esters is 2. The molecule has 0 fully saturated rings. The van der Waals surface area contributed by atoms with Crippen molar-refractivity contribution in [3.05, 3.63) is 0 Å². The van der Waals surface area contributed by atoms with Crippen LogP contribution in [0.1, 0.15) is 169 Å². The molecule has 4 heteroatoms. The second-order valence-electron chi connectivity index (χ2n) is 11.4. The number of carbonyl (C=O) groups excluding carboxylic acids is 2. The monoisotopic (exact) mass is 524 g/mol. The highest BCUT2D eigenvalue weighted by atomic mass is 16.5. The fourth-order valence-electron chi connectivity index (χ4n) is 5.00. The number of rotatable bonds is 27. The third-order valence-corrected chi connectivity index (χ3v) is 8.12. The minimum absolute atomic E-state index is 0.00112. The normalized spacial score (nSPS) is 13.8. The van der Waals surface area contributed by atoms with Crippen molar-refractivity contribution in [1.29, 1.82) is 0 Å². The Morgan fingerprint density at radius 3 is 1.32 bits per heavy atom. The zero-order chi connectivity index (χ0) is 27.6. The van der Waals surface area contributed by atoms with Crippen LogP contribution in [0.2, 0.25) is 0 Å². The van der Waals surface area contributed by atoms with Crippen molar-refractivity contribution >= 4 is 11.9 Å². The van der Waals surface area contributed by atoms with E-state index in [0.717, 1.165) is 38.5 Å². The smallest absolute Gasteiger partial charge is 0.305 e. The molecule has 0 aliphatic heterocycles. The predicted octanol–water partition coefficient (Wildman–Crippen LogP) is 10.2. The first-order valence-electron chi connectivity index (χ1n) is 16.3. The molecule has 0 aliphatic carbocycles. The van der Waals surface area contributed by atoms with E-state index in [1.54, 1.807) is 0 Å². The van der Waals surface area contributed by atoms with Crippen molar-refractivity contribution in [2.75, 3.05) is 13.2 Å². The Hall–Kier alpha value is -1.06. The lowest BCUT2D eigenvalue weighted by molar-refractivity contribution is -0.146. The first-order valence-corrected chi connectivity index (χ1v) is 16.3. The fraction of sp³-hybridized carbons (Fsp3) is 0.939. The number of ether oxygens (including phenoxy) is 2. The Labute approximate surface area is 231 Å². The van der Waals surface area contributed by atoms with Crippen molar-refractivity contribution < 1.29 is 19.1 Å². The van der Waals surface area contributed by atoms with Crippen molar-refractivity contribution in [1.82, 2.24) is 0 Å². The molecule has 0 radical (unpaired) electrons. The summed E-state index contributed by atoms with van der Waals surface area (Å²) in [5.41, 5.74) is 0. The van der Waals surface area contributed by atoms with Crippen LogP contribution in [0, 0.1) is 17.8 Å². The minimum atomic E-state index is -0.00850. The molecule has 0 rings (SSSR count). The molecule has 37 heavy (non-hydrogen) atoms. The molecular formula is C33H64O4. The second-order valence-corrected chi connectivity index (χ2v) is 11.4. The summed E-state index contributed by atoms with van der Waals surface area (Å²) in [5, 5.41) is 0. The summed E-state index contributed by atoms with van der Waals surface area (Å²) in [6, 6.07) is 0. The molecule has 0 spiro atoms. The largest absolute Gasteiger partial charge is 0.465 e. The Morgan fingerprint density at radius 1 is 0.459 bits per heavy atom. The Kier molecular flexibility index (Phi) is 25.8. The summed E-state index contributed by atoms with van der Waals surface area (Å²) < 4.78 is 11.1. The third-order valence-electron chi connectivity index (χ3n) is 8.12. The van der Waals surface area contributed by atoms with Crippen LogP contribution >= 0.6 is 0 Å². The number of carbonyl (C=O) groups is 2. The topological polar surface area (TPSA) is 52.6 Å². The van der Waals surface area contributed by atoms with E-state index in [4.69, 9.17) is 9.47 Å². The van der Waals surface area contributed by atoms with Crippen molar-refractivity contribution in [3.8, 4) is 0 Å². The summed E-state index contributed by atoms with van der Waals surface area (Å²) in [7, 11) is 0. The molecular weight excluding hydrogens is 460 g/mol. The highest BCUT2D eigenvalue weighted by Gasteiger charge is 2.13. The maximum atomic E-state index is 12.2. The fourth-order valence-corrected chi connectivity index (χ4v) is 5.00. The zero-order valence-corrected chi connectivity index (χ0v) is 25.6. The van der Waals surface area contributed by atoms with Gasteiger partial charge in [-0.15, -0.1) is 0 Å². The molecule has 0 aromatic rings. The van der Waals surface area contributed by atoms with Gasteiger partial charge in [0, 0.05) is 12.8 Å². The van der Waals surface area contributed by atoms with Gasteiger partial charge >= 0.3 is 11.9 Å². The van der Waals surface area contributed by atoms with Crippen molar-refractivity contribution in [3.63, 3.8) is 0 Å². The van der Waals surface area contributed by atoms with E-state index in [0.29, 0.717) is 43.8 Å². The third kappa shape index (κ3) is 22.6. The SMILES string of the molecule is CCCCC(CC)COC(=O)CCCCCCCCCCC(CC)CCC(=O)OCC(CC)CCCC. The lowest BCUT2D eigenvalue weighted by Crippen LogP contribution is -2.14. The summed E-state index contributed by atoms with van der Waals surface area (Å²) in [5.74, 6) is 1.70. The molecule has 220 valence electrons. The second kappa shape index (κ2) is 26.5. The van der Waals surface area contributed by atoms with Gasteiger partial charge in [0.1, 0.15) is 0 Å². The maximum Gasteiger partial charge on any atom is 0.305 e. The Balaban J connectivity index is 3.67. The quantitative estimate of drug-likeness (QED) is 0.0792. The van der Waals surface area contributed by atoms with Crippen LogP contribution in [-0.2, 0) is 19.1 Å². The molecule has 3 unspecified atom stereocenters. The van der Waals surface area contributed by atoms with Gasteiger partial charge < -0.3 is 9.47 Å². The van der Waals surface area contributed by atoms with Gasteiger partial charge in [-0.1, -0.05) is 131 Å². The van der Waals surface area contributed by atoms with Crippen molar-refractivity contribution in [2.45, 2.75) is 169 Å². The molecule has 0 saturated carbocycles. The molecule has 0 saturated heterocycles. The maximum absolute atomic E-state index is 12.2. The average molecular weight is 525 g/mol. The number of hydrogen-bond acceptors (Lipinski definition) is 4. The first-order chi connectivity index (χ1) is 18.0. The van der Waals surface area contributed by atoms with Crippen LogP contribution < -0.4 is 0 Å². The summed E-state index contributed by atoms with van der Waals surface area (Å²) >= 11 is 0. The van der Waals surface area contributed by atoms with Crippen LogP contribution in [0.3, 0.4) is 0 Å². The van der Waals surface area contributed by atoms with Gasteiger partial charge in [-0.2, -0.15) is 0 Å². The molecule has 0 bridgehead atoms. The molecule has 3 atom stereocenters. The van der Waals surface area contributed by atoms with E-state index < -0.39 is 0 Å². The van der Waals surface area contributed by atoms with E-state index in [-0.39, 0.29) is 11.9 Å². The van der Waals surface area contributed by atoms with Gasteiger partial charge in [0.25, 0.3) is 0 Å². The van der Waals surface area contributed by atoms with E-state index >= 15 is 0 Å². The zero-order valence-electron chi connectivity index (χ0n) is 25.6. The Morgan fingerprint density at radius 2 is 0.865 bits per heavy atom. The predicted molar refractivity (Wildman–Crippen MR) is 158 cm³/mol. The first kappa shape index (κ1) is 35.9. The van der Waals surface area contributed by atoms with Gasteiger partial charge in [-0.25, -0.2) is 0 Å². The van der Waals surface area contributed by atoms with E-state index in [1.165, 1.54) is 83.5 Å². The minimum Gasteiger partial charge on any atom is -0.465 e. The van der Waals surface area contributed by atoms with Crippen molar-refractivity contribution in [2.24, 2.45) is 17.8 Å². The van der Waals surface area contributed by atoms with Gasteiger partial charge in [0.05, 0.1) is 13.2 Å². The molecule has 0 N–H and O–H groups in total. The van der Waals surface area contributed by atoms with Crippen LogP contribution in [0.4, 0.5) is 0 Å². The lowest BCUT2D eigenvalue weighted by atomic mass is 9.93. The van der Waals surface area contributed by atoms with Gasteiger partial charge in [0.15, 0.2) is 0 Å². The van der Waals surface area contributed by atoms with Crippen LogP contribution in [0.15, 0.2) is 0 Å². The Bertz CT molecular complexity index is 518. The standard InChI is InChI=1S/C33H64O4/c1-6-11-21-30(9-4)27-36-32(34)24-20-18-16-14-13-15-17-19-23-29(8-3)25-26-33(35)37-28-31(10-5)22-12-7-2/h29-31H,6-28H2,1-5H3. The summed E-state index contributed by atoms with van der Waals surface area (Å²) in [4.78, 5) is 24.1. The average Bonchev–Trinajstić information content (AvgIpc) is 2.91. The summed E-state index contributed by atoms with van der Waals surface area (Å²) in [6.07, 6.45) is 23.7. The molecule has 0 heterocycles. The van der Waals surface area contributed by atoms with Gasteiger partial charge in [0.2, 0.25) is 0 Å². The molecule has 0 aliphatic rings. The molecule has 0 aromatic carbocycles. The van der Waals surface area contributed by atoms with E-state index in [2.05, 4.69) is 34.6 Å². The van der Waals surface area contributed by atoms with Crippen LogP contribution in [-0.4, -0.2) is 25.2 Å². The van der Waals surface area contributed by atoms with Gasteiger partial charge in [-0.05, 0) is 43.4 Å². The van der Waals surface area contributed by atoms with Crippen LogP contribution in [0.25, 0.3) is 0 Å². The van der Waals surface area contributed by atoms with E-state index in [9.17, 15) is 9.59 Å². The lowest BCUT2D eigenvalue weighted by Gasteiger charge is -2.16. The number of unbranched alkanes of at least 4 members (excludes halogenated alkanes) is 9. The van der Waals surface area contributed by atoms with Gasteiger partial charge in [-0.3, -0.25) is 9.59 Å². The molecule has 4 nitrogen and oxygen atoms in total. The molecule has 0 aromatic heterocycles. The highest BCUT2D eigenvalue weighted by molar-refractivity contribution is 5.69. The molecule has 0 amide bonds. The van der Waals surface area contributed by atoms with E-state index in [1.807, 2.05) is 0 Å². The number of hydrogen-bond donors (Lipinski definition) is 0. The summed E-state index contributed by atoms with van der Waals surface area (Å²) in [6.45, 7) is 12.3. The van der Waals surface area contributed by atoms with Crippen LogP contribution in [0.5, 0.6) is 0 Å². The highest BCUT2D eigenvalue weighted by Crippen LogP contribution is 2.21.